The predicted octanol–water partition coefficient (Wildman–Crippen LogP) is 3.59. The van der Waals surface area contributed by atoms with Gasteiger partial charge in [-0.1, -0.05) is 43.2 Å². The van der Waals surface area contributed by atoms with Crippen LogP contribution < -0.4 is 10.6 Å². The highest BCUT2D eigenvalue weighted by Crippen LogP contribution is 2.41. The van der Waals surface area contributed by atoms with E-state index in [2.05, 4.69) is 10.6 Å². The van der Waals surface area contributed by atoms with Crippen LogP contribution >= 0.6 is 24.8 Å². The van der Waals surface area contributed by atoms with Crippen molar-refractivity contribution in [1.29, 1.82) is 0 Å². The van der Waals surface area contributed by atoms with E-state index in [4.69, 9.17) is 0 Å². The number of nitrogens with one attached hydrogen (secondary N) is 2. The molecule has 0 spiro atoms. The minimum Gasteiger partial charge on any atom is -0.480 e. The van der Waals surface area contributed by atoms with E-state index in [0.717, 1.165) is 63.7 Å². The lowest BCUT2D eigenvalue weighted by Crippen LogP contribution is -2.55. The Balaban J connectivity index is 0.00000156. The molecular formula is C19H30Cl2N2O2. The van der Waals surface area contributed by atoms with Crippen molar-refractivity contribution in [3.8, 4) is 0 Å². The molecule has 6 heteroatoms. The van der Waals surface area contributed by atoms with Crippen LogP contribution in [-0.4, -0.2) is 30.7 Å². The Morgan fingerprint density at radius 1 is 1.08 bits per heavy atom. The summed E-state index contributed by atoms with van der Waals surface area (Å²) in [5, 5.41) is 17.1. The monoisotopic (exact) mass is 388 g/mol. The molecule has 0 aromatic heterocycles. The molecule has 4 nitrogen and oxygen atoms in total. The molecular weight excluding hydrogens is 359 g/mol. The smallest absolute Gasteiger partial charge is 0.328 e. The van der Waals surface area contributed by atoms with E-state index in [-0.39, 0.29) is 30.7 Å². The summed E-state index contributed by atoms with van der Waals surface area (Å²) in [4.78, 5) is 12.4. The van der Waals surface area contributed by atoms with E-state index in [1.165, 1.54) is 0 Å². The zero-order chi connectivity index (χ0) is 16.1. The van der Waals surface area contributed by atoms with E-state index < -0.39 is 11.5 Å². The van der Waals surface area contributed by atoms with Crippen LogP contribution in [0.1, 0.15) is 44.1 Å². The van der Waals surface area contributed by atoms with Gasteiger partial charge in [0.2, 0.25) is 0 Å². The SMILES string of the molecule is Cl.Cl.O=C(O)[C@@](NCC1CCNCC1)(c1ccccc1)C1CCCC1. The molecule has 2 aliphatic rings. The highest BCUT2D eigenvalue weighted by molar-refractivity contribution is 5.85. The molecule has 1 saturated carbocycles. The van der Waals surface area contributed by atoms with E-state index in [9.17, 15) is 9.90 Å². The predicted molar refractivity (Wildman–Crippen MR) is 106 cm³/mol. The van der Waals surface area contributed by atoms with Crippen molar-refractivity contribution in [1.82, 2.24) is 10.6 Å². The van der Waals surface area contributed by atoms with E-state index >= 15 is 0 Å². The second kappa shape index (κ2) is 10.4. The van der Waals surface area contributed by atoms with Gasteiger partial charge in [-0.05, 0) is 62.7 Å². The highest BCUT2D eigenvalue weighted by atomic mass is 35.5. The molecule has 1 heterocycles. The van der Waals surface area contributed by atoms with Crippen LogP contribution in [0.2, 0.25) is 0 Å². The van der Waals surface area contributed by atoms with Crippen molar-refractivity contribution >= 4 is 30.8 Å². The lowest BCUT2D eigenvalue weighted by molar-refractivity contribution is -0.148. The van der Waals surface area contributed by atoms with Gasteiger partial charge in [0.25, 0.3) is 0 Å². The molecule has 25 heavy (non-hydrogen) atoms. The van der Waals surface area contributed by atoms with Gasteiger partial charge in [-0.15, -0.1) is 24.8 Å². The maximum Gasteiger partial charge on any atom is 0.328 e. The average Bonchev–Trinajstić information content (AvgIpc) is 3.12. The quantitative estimate of drug-likeness (QED) is 0.696. The van der Waals surface area contributed by atoms with Crippen LogP contribution in [-0.2, 0) is 10.3 Å². The van der Waals surface area contributed by atoms with Gasteiger partial charge in [-0.2, -0.15) is 0 Å². The van der Waals surface area contributed by atoms with E-state index in [1.54, 1.807) is 0 Å². The average molecular weight is 389 g/mol. The van der Waals surface area contributed by atoms with Crippen LogP contribution in [0.25, 0.3) is 0 Å². The topological polar surface area (TPSA) is 61.4 Å². The normalized spacial score (nSPS) is 21.0. The summed E-state index contributed by atoms with van der Waals surface area (Å²) in [5.41, 5.74) is -0.0174. The fraction of sp³-hybridized carbons (Fsp3) is 0.632. The number of rotatable bonds is 6. The number of carbonyl (C=O) groups is 1. The number of benzene rings is 1. The first-order chi connectivity index (χ1) is 11.2. The molecule has 1 aromatic rings. The van der Waals surface area contributed by atoms with Gasteiger partial charge in [0, 0.05) is 0 Å². The summed E-state index contributed by atoms with van der Waals surface area (Å²) in [5.74, 6) is 0.0359. The largest absolute Gasteiger partial charge is 0.480 e. The Bertz CT molecular complexity index is 517. The number of piperidine rings is 1. The van der Waals surface area contributed by atoms with Gasteiger partial charge in [-0.25, -0.2) is 4.79 Å². The Morgan fingerprint density at radius 2 is 1.68 bits per heavy atom. The number of aliphatic carboxylic acids is 1. The number of carboxylic acid groups (broad SMARTS) is 1. The first kappa shape index (κ1) is 22.2. The summed E-state index contributed by atoms with van der Waals surface area (Å²) in [6.07, 6.45) is 6.54. The second-order valence-electron chi connectivity index (χ2n) is 7.03. The molecule has 142 valence electrons. The third-order valence-electron chi connectivity index (χ3n) is 5.66. The van der Waals surface area contributed by atoms with Gasteiger partial charge in [0.15, 0.2) is 0 Å². The molecule has 0 radical (unpaired) electrons. The zero-order valence-electron chi connectivity index (χ0n) is 14.6. The minimum absolute atomic E-state index is 0. The van der Waals surface area contributed by atoms with Crippen LogP contribution in [0.5, 0.6) is 0 Å². The molecule has 1 aliphatic heterocycles. The van der Waals surface area contributed by atoms with Gasteiger partial charge >= 0.3 is 5.97 Å². The fourth-order valence-electron chi connectivity index (χ4n) is 4.31. The minimum atomic E-state index is -0.928. The first-order valence-corrected chi connectivity index (χ1v) is 8.98. The molecule has 0 unspecified atom stereocenters. The van der Waals surface area contributed by atoms with E-state index in [1.807, 2.05) is 30.3 Å². The molecule has 1 aliphatic carbocycles. The number of halogens is 2. The maximum atomic E-state index is 12.4. The molecule has 2 fully saturated rings. The first-order valence-electron chi connectivity index (χ1n) is 8.98. The van der Waals surface area contributed by atoms with Crippen molar-refractivity contribution in [2.75, 3.05) is 19.6 Å². The molecule has 0 amide bonds. The fourth-order valence-corrected chi connectivity index (χ4v) is 4.31. The zero-order valence-corrected chi connectivity index (χ0v) is 16.2. The van der Waals surface area contributed by atoms with Gasteiger partial charge < -0.3 is 10.4 Å². The molecule has 3 rings (SSSR count). The summed E-state index contributed by atoms with van der Waals surface area (Å²) in [7, 11) is 0. The Labute approximate surface area is 163 Å². The highest BCUT2D eigenvalue weighted by Gasteiger charge is 2.48. The molecule has 0 bridgehead atoms. The lowest BCUT2D eigenvalue weighted by atomic mass is 9.76. The summed E-state index contributed by atoms with van der Waals surface area (Å²) >= 11 is 0. The summed E-state index contributed by atoms with van der Waals surface area (Å²) < 4.78 is 0. The van der Waals surface area contributed by atoms with Gasteiger partial charge in [0.05, 0.1) is 0 Å². The van der Waals surface area contributed by atoms with Crippen molar-refractivity contribution in [3.63, 3.8) is 0 Å². The maximum absolute atomic E-state index is 12.4. The summed E-state index contributed by atoms with van der Waals surface area (Å²) in [6, 6.07) is 9.81. The third kappa shape index (κ3) is 4.88. The van der Waals surface area contributed by atoms with Crippen molar-refractivity contribution < 1.29 is 9.90 Å². The molecule has 1 aromatic carbocycles. The molecule has 3 N–H and O–H groups in total. The van der Waals surface area contributed by atoms with Crippen LogP contribution in [0.4, 0.5) is 0 Å². The second-order valence-corrected chi connectivity index (χ2v) is 7.03. The Kier molecular flexibility index (Phi) is 9.22. The third-order valence-corrected chi connectivity index (χ3v) is 5.66. The van der Waals surface area contributed by atoms with Gasteiger partial charge in [-0.3, -0.25) is 5.32 Å². The molecule has 1 saturated heterocycles. The van der Waals surface area contributed by atoms with Crippen LogP contribution in [0, 0.1) is 11.8 Å². The number of hydrogen-bond donors (Lipinski definition) is 3. The van der Waals surface area contributed by atoms with Gasteiger partial charge in [0.1, 0.15) is 5.54 Å². The van der Waals surface area contributed by atoms with Crippen molar-refractivity contribution in [2.24, 2.45) is 11.8 Å². The van der Waals surface area contributed by atoms with E-state index in [0.29, 0.717) is 5.92 Å². The Hall–Kier alpha value is -0.810. The van der Waals surface area contributed by atoms with Crippen molar-refractivity contribution in [2.45, 2.75) is 44.1 Å². The standard InChI is InChI=1S/C19H28N2O2.2ClH/c22-18(23)19(17-8-4-5-9-17,16-6-2-1-3-7-16)21-14-15-10-12-20-13-11-15;;/h1-3,6-7,15,17,20-21H,4-5,8-14H2,(H,22,23);2*1H/t19-;;/m1../s1. The number of hydrogen-bond acceptors (Lipinski definition) is 3. The van der Waals surface area contributed by atoms with Crippen LogP contribution in [0.15, 0.2) is 30.3 Å². The molecule has 1 atom stereocenters. The summed E-state index contributed by atoms with van der Waals surface area (Å²) in [6.45, 7) is 2.88. The van der Waals surface area contributed by atoms with Crippen molar-refractivity contribution in [3.05, 3.63) is 35.9 Å². The lowest BCUT2D eigenvalue weighted by Gasteiger charge is -2.38. The Morgan fingerprint density at radius 3 is 2.24 bits per heavy atom. The number of carboxylic acids is 1. The van der Waals surface area contributed by atoms with Crippen LogP contribution in [0.3, 0.4) is 0 Å².